The maximum Gasteiger partial charge on any atom is 0.262 e. The first kappa shape index (κ1) is 25.6. The molecule has 0 aromatic heterocycles. The molecule has 0 saturated carbocycles. The van der Waals surface area contributed by atoms with Crippen LogP contribution in [-0.4, -0.2) is 28.5 Å². The lowest BCUT2D eigenvalue weighted by molar-refractivity contribution is 0.102. The largest absolute Gasteiger partial charge is 0.497 e. The second-order valence-corrected chi connectivity index (χ2v) is 9.82. The minimum Gasteiger partial charge on any atom is -0.497 e. The third-order valence-electron chi connectivity index (χ3n) is 5.60. The van der Waals surface area contributed by atoms with Crippen LogP contribution in [0, 0.1) is 6.92 Å². The van der Waals surface area contributed by atoms with Crippen LogP contribution in [0.3, 0.4) is 0 Å². The summed E-state index contributed by atoms with van der Waals surface area (Å²) >= 11 is 0. The lowest BCUT2D eigenvalue weighted by Gasteiger charge is -2.14. The number of hydrogen-bond donors (Lipinski definition) is 3. The molecule has 0 unspecified atom stereocenters. The first-order valence-corrected chi connectivity index (χ1v) is 12.9. The van der Waals surface area contributed by atoms with Gasteiger partial charge in [-0.05, 0) is 91.3 Å². The summed E-state index contributed by atoms with van der Waals surface area (Å²) in [5, 5.41) is 6.12. The molecule has 0 aliphatic carbocycles. The zero-order chi connectivity index (χ0) is 26.4. The van der Waals surface area contributed by atoms with Gasteiger partial charge in [-0.25, -0.2) is 8.42 Å². The number of para-hydroxylation sites is 2. The van der Waals surface area contributed by atoms with Crippen LogP contribution < -0.4 is 24.8 Å². The Morgan fingerprint density at radius 1 is 0.757 bits per heavy atom. The number of carbonyl (C=O) groups excluding carboxylic acids is 1. The molecule has 4 aromatic rings. The van der Waals surface area contributed by atoms with Crippen molar-refractivity contribution < 1.29 is 22.7 Å². The highest BCUT2D eigenvalue weighted by molar-refractivity contribution is 7.92. The summed E-state index contributed by atoms with van der Waals surface area (Å²) in [5.41, 5.74) is 3.48. The number of ether oxygens (including phenoxy) is 2. The van der Waals surface area contributed by atoms with Gasteiger partial charge in [0.2, 0.25) is 0 Å². The first-order valence-electron chi connectivity index (χ1n) is 11.4. The lowest BCUT2D eigenvalue weighted by Crippen LogP contribution is -2.16. The molecule has 0 aliphatic rings. The molecule has 0 radical (unpaired) electrons. The molecule has 0 atom stereocenters. The Labute approximate surface area is 216 Å². The highest BCUT2D eigenvalue weighted by Crippen LogP contribution is 2.28. The maximum absolute atomic E-state index is 13.0. The van der Waals surface area contributed by atoms with Crippen LogP contribution >= 0.6 is 0 Å². The maximum atomic E-state index is 13.0. The number of methoxy groups -OCH3 is 2. The molecule has 37 heavy (non-hydrogen) atoms. The van der Waals surface area contributed by atoms with Crippen molar-refractivity contribution in [2.75, 3.05) is 29.6 Å². The van der Waals surface area contributed by atoms with E-state index < -0.39 is 10.0 Å². The molecule has 190 valence electrons. The lowest BCUT2D eigenvalue weighted by atomic mass is 10.1. The fourth-order valence-electron chi connectivity index (χ4n) is 3.70. The molecule has 0 aliphatic heterocycles. The highest BCUT2D eigenvalue weighted by Gasteiger charge is 2.20. The van der Waals surface area contributed by atoms with Crippen molar-refractivity contribution in [2.24, 2.45) is 0 Å². The fraction of sp³-hybridized carbons (Fsp3) is 0.107. The van der Waals surface area contributed by atoms with Gasteiger partial charge in [-0.3, -0.25) is 9.52 Å². The van der Waals surface area contributed by atoms with Crippen molar-refractivity contribution in [2.45, 2.75) is 11.8 Å². The predicted octanol–water partition coefficient (Wildman–Crippen LogP) is 5.81. The minimum absolute atomic E-state index is 0.0731. The molecule has 0 spiro atoms. The number of carbonyl (C=O) groups is 1. The smallest absolute Gasteiger partial charge is 0.262 e. The molecular formula is C28H27N3O5S. The highest BCUT2D eigenvalue weighted by atomic mass is 32.2. The van der Waals surface area contributed by atoms with Crippen LogP contribution in [0.5, 0.6) is 11.5 Å². The van der Waals surface area contributed by atoms with Crippen LogP contribution in [0.1, 0.15) is 15.9 Å². The van der Waals surface area contributed by atoms with Crippen molar-refractivity contribution in [1.82, 2.24) is 0 Å². The van der Waals surface area contributed by atoms with Crippen molar-refractivity contribution >= 4 is 38.7 Å². The fourth-order valence-corrected chi connectivity index (χ4v) is 5.00. The Kier molecular flexibility index (Phi) is 7.64. The molecule has 0 saturated heterocycles. The van der Waals surface area contributed by atoms with Crippen LogP contribution in [0.2, 0.25) is 0 Å². The normalized spacial score (nSPS) is 10.9. The predicted molar refractivity (Wildman–Crippen MR) is 146 cm³/mol. The van der Waals surface area contributed by atoms with Crippen LogP contribution in [-0.2, 0) is 10.0 Å². The number of nitrogens with one attached hydrogen (secondary N) is 3. The van der Waals surface area contributed by atoms with Gasteiger partial charge in [0.25, 0.3) is 15.9 Å². The summed E-state index contributed by atoms with van der Waals surface area (Å²) in [6, 6.07) is 26.0. The Balaban J connectivity index is 1.43. The molecule has 9 heteroatoms. The Hall–Kier alpha value is -4.50. The number of hydrogen-bond acceptors (Lipinski definition) is 6. The van der Waals surface area contributed by atoms with Gasteiger partial charge in [0, 0.05) is 22.6 Å². The van der Waals surface area contributed by atoms with Crippen LogP contribution in [0.15, 0.2) is 95.9 Å². The quantitative estimate of drug-likeness (QED) is 0.259. The number of rotatable bonds is 9. The van der Waals surface area contributed by atoms with Crippen LogP contribution in [0.4, 0.5) is 22.7 Å². The average Bonchev–Trinajstić information content (AvgIpc) is 2.90. The van der Waals surface area contributed by atoms with E-state index in [0.717, 1.165) is 17.1 Å². The van der Waals surface area contributed by atoms with Crippen molar-refractivity contribution in [3.63, 3.8) is 0 Å². The SMILES string of the molecule is COc1ccc(Nc2ccc(NC(=O)c3ccc(S(=O)(=O)Nc4ccccc4OC)c(C)c3)cc2)cc1. The van der Waals surface area contributed by atoms with E-state index >= 15 is 0 Å². The van der Waals surface area contributed by atoms with E-state index in [9.17, 15) is 13.2 Å². The van der Waals surface area contributed by atoms with Crippen LogP contribution in [0.25, 0.3) is 0 Å². The van der Waals surface area contributed by atoms with E-state index in [1.165, 1.54) is 19.2 Å². The van der Waals surface area contributed by atoms with Gasteiger partial charge in [0.1, 0.15) is 11.5 Å². The standard InChI is InChI=1S/C28H27N3O5S/c1-19-18-20(8-17-27(19)37(33,34)31-25-6-4-5-7-26(25)36-3)28(32)30-23-11-9-21(10-12-23)29-22-13-15-24(35-2)16-14-22/h4-18,29,31H,1-3H3,(H,30,32). The molecule has 3 N–H and O–H groups in total. The molecular weight excluding hydrogens is 490 g/mol. The molecule has 4 rings (SSSR count). The Morgan fingerprint density at radius 3 is 2.00 bits per heavy atom. The zero-order valence-corrected chi connectivity index (χ0v) is 21.4. The Bertz CT molecular complexity index is 1500. The van der Waals surface area contributed by atoms with Gasteiger partial charge in [-0.1, -0.05) is 12.1 Å². The third kappa shape index (κ3) is 6.20. The Morgan fingerprint density at radius 2 is 1.38 bits per heavy atom. The minimum atomic E-state index is -3.89. The van der Waals surface area contributed by atoms with Gasteiger partial charge in [0.05, 0.1) is 24.8 Å². The number of benzene rings is 4. The monoisotopic (exact) mass is 517 g/mol. The second-order valence-electron chi connectivity index (χ2n) is 8.17. The van der Waals surface area contributed by atoms with E-state index in [4.69, 9.17) is 9.47 Å². The number of amides is 1. The summed E-state index contributed by atoms with van der Waals surface area (Å²) in [6.07, 6.45) is 0. The number of sulfonamides is 1. The van der Waals surface area contributed by atoms with Gasteiger partial charge in [0.15, 0.2) is 0 Å². The molecule has 0 bridgehead atoms. The first-order chi connectivity index (χ1) is 17.8. The molecule has 8 nitrogen and oxygen atoms in total. The van der Waals surface area contributed by atoms with Crippen molar-refractivity contribution in [1.29, 1.82) is 0 Å². The van der Waals surface area contributed by atoms with E-state index in [1.54, 1.807) is 56.5 Å². The summed E-state index contributed by atoms with van der Waals surface area (Å²) in [7, 11) is -0.800. The van der Waals surface area contributed by atoms with Crippen molar-refractivity contribution in [3.8, 4) is 11.5 Å². The summed E-state index contributed by atoms with van der Waals surface area (Å²) in [4.78, 5) is 12.9. The average molecular weight is 518 g/mol. The topological polar surface area (TPSA) is 106 Å². The third-order valence-corrected chi connectivity index (χ3v) is 7.13. The molecule has 4 aromatic carbocycles. The zero-order valence-electron chi connectivity index (χ0n) is 20.6. The molecule has 1 amide bonds. The summed E-state index contributed by atoms with van der Waals surface area (Å²) in [6.45, 7) is 1.65. The van der Waals surface area contributed by atoms with E-state index in [0.29, 0.717) is 28.3 Å². The summed E-state index contributed by atoms with van der Waals surface area (Å²) in [5.74, 6) is 0.836. The molecule has 0 fully saturated rings. The molecule has 0 heterocycles. The van der Waals surface area contributed by atoms with Gasteiger partial charge in [-0.15, -0.1) is 0 Å². The van der Waals surface area contributed by atoms with E-state index in [2.05, 4.69) is 15.4 Å². The van der Waals surface area contributed by atoms with Gasteiger partial charge in [-0.2, -0.15) is 0 Å². The van der Waals surface area contributed by atoms with E-state index in [1.807, 2.05) is 36.4 Å². The van der Waals surface area contributed by atoms with Gasteiger partial charge < -0.3 is 20.1 Å². The van der Waals surface area contributed by atoms with Gasteiger partial charge >= 0.3 is 0 Å². The summed E-state index contributed by atoms with van der Waals surface area (Å²) < 4.78 is 38.9. The van der Waals surface area contributed by atoms with Crippen molar-refractivity contribution in [3.05, 3.63) is 102 Å². The van der Waals surface area contributed by atoms with E-state index in [-0.39, 0.29) is 10.8 Å². The number of aryl methyl sites for hydroxylation is 1. The number of anilines is 4. The second kappa shape index (κ2) is 11.0.